The number of carbonyl (C=O) groups is 1. The zero-order chi connectivity index (χ0) is 20.8. The molecule has 3 nitrogen and oxygen atoms in total. The van der Waals surface area contributed by atoms with Crippen molar-refractivity contribution in [2.24, 2.45) is 0 Å². The quantitative estimate of drug-likeness (QED) is 0.503. The van der Waals surface area contributed by atoms with E-state index in [4.69, 9.17) is 21.1 Å². The molecular weight excluding hydrogens is 372 g/mol. The van der Waals surface area contributed by atoms with Crippen LogP contribution >= 0.6 is 11.6 Å². The molecule has 1 aromatic heterocycles. The van der Waals surface area contributed by atoms with Gasteiger partial charge in [0.2, 0.25) is 0 Å². The van der Waals surface area contributed by atoms with Crippen molar-refractivity contribution in [3.05, 3.63) is 81.1 Å². The summed E-state index contributed by atoms with van der Waals surface area (Å²) in [5, 5.41) is 9.50. The predicted molar refractivity (Wildman–Crippen MR) is 115 cm³/mol. The molecule has 2 aromatic carbocycles. The number of rotatable bonds is 4. The Morgan fingerprint density at radius 1 is 1.00 bits per heavy atom. The molecule has 28 heavy (non-hydrogen) atoms. The average molecular weight is 399 g/mol. The van der Waals surface area contributed by atoms with Gasteiger partial charge in [-0.15, -0.1) is 0 Å². The first-order valence-electron chi connectivity index (χ1n) is 9.34. The average Bonchev–Trinajstić information content (AvgIpc) is 3.17. The van der Waals surface area contributed by atoms with Gasteiger partial charge in [-0.25, -0.2) is 0 Å². The van der Waals surface area contributed by atoms with Crippen LogP contribution in [0.25, 0.3) is 11.3 Å². The minimum Gasteiger partial charge on any atom is -0.453 e. The molecule has 0 aliphatic heterocycles. The maximum Gasteiger partial charge on any atom is 0.197 e. The second kappa shape index (κ2) is 9.72. The van der Waals surface area contributed by atoms with Crippen molar-refractivity contribution < 1.29 is 14.3 Å². The predicted octanol–water partition coefficient (Wildman–Crippen LogP) is 6.61. The van der Waals surface area contributed by atoms with Crippen molar-refractivity contribution >= 4 is 17.4 Å². The monoisotopic (exact) mass is 398 g/mol. The van der Waals surface area contributed by atoms with Gasteiger partial charge in [0.25, 0.3) is 0 Å². The fourth-order valence-electron chi connectivity index (χ4n) is 2.85. The molecule has 0 amide bonds. The van der Waals surface area contributed by atoms with E-state index >= 15 is 0 Å². The van der Waals surface area contributed by atoms with Crippen LogP contribution < -0.4 is 0 Å². The van der Waals surface area contributed by atoms with Crippen LogP contribution in [-0.2, 0) is 6.61 Å². The highest BCUT2D eigenvalue weighted by atomic mass is 35.5. The van der Waals surface area contributed by atoms with Gasteiger partial charge in [0.05, 0.1) is 11.6 Å². The zero-order valence-corrected chi connectivity index (χ0v) is 17.9. The molecular formula is C24H27ClO3. The number of halogens is 1. The number of Topliss-reactive ketones (excluding diaryl/α,β-unsaturated/α-hetero) is 1. The van der Waals surface area contributed by atoms with Gasteiger partial charge in [0.15, 0.2) is 11.5 Å². The topological polar surface area (TPSA) is 50.4 Å². The molecule has 0 radical (unpaired) electrons. The summed E-state index contributed by atoms with van der Waals surface area (Å²) in [6.45, 7) is 10.2. The van der Waals surface area contributed by atoms with E-state index in [0.29, 0.717) is 23.0 Å². The number of furan rings is 1. The lowest BCUT2D eigenvalue weighted by atomic mass is 10.0. The van der Waals surface area contributed by atoms with E-state index in [9.17, 15) is 4.79 Å². The van der Waals surface area contributed by atoms with Gasteiger partial charge in [-0.2, -0.15) is 0 Å². The summed E-state index contributed by atoms with van der Waals surface area (Å²) >= 11 is 6.11. The largest absolute Gasteiger partial charge is 0.453 e. The third-order valence-corrected chi connectivity index (χ3v) is 5.09. The summed E-state index contributed by atoms with van der Waals surface area (Å²) in [5.74, 6) is 1.02. The first-order valence-corrected chi connectivity index (χ1v) is 9.71. The number of hydrogen-bond donors (Lipinski definition) is 1. The normalized spacial score (nSPS) is 10.4. The van der Waals surface area contributed by atoms with E-state index in [1.54, 1.807) is 12.1 Å². The lowest BCUT2D eigenvalue weighted by molar-refractivity contribution is 0.0962. The molecule has 0 aliphatic rings. The van der Waals surface area contributed by atoms with Crippen LogP contribution in [0.5, 0.6) is 0 Å². The van der Waals surface area contributed by atoms with Crippen LogP contribution in [0.1, 0.15) is 51.7 Å². The number of ketones is 1. The van der Waals surface area contributed by atoms with Crippen LogP contribution in [0.3, 0.4) is 0 Å². The molecule has 0 saturated heterocycles. The van der Waals surface area contributed by atoms with E-state index in [1.807, 2.05) is 44.2 Å². The van der Waals surface area contributed by atoms with Gasteiger partial charge in [0, 0.05) is 12.0 Å². The smallest absolute Gasteiger partial charge is 0.197 e. The fourth-order valence-corrected chi connectivity index (χ4v) is 3.06. The van der Waals surface area contributed by atoms with Gasteiger partial charge in [-0.3, -0.25) is 4.79 Å². The minimum atomic E-state index is 0.0000236. The van der Waals surface area contributed by atoms with E-state index in [2.05, 4.69) is 20.8 Å². The summed E-state index contributed by atoms with van der Waals surface area (Å²) in [6.07, 6.45) is 0.439. The standard InChI is InChI=1S/C14H13ClO2.C10H14O/c1-3-12(16)14-7-6-13(17-14)10-8-9(2)4-5-11(10)15;1-7-4-10(6-11)5-8(2)9(7)3/h4-8H,3H2,1-2H3;4-5,11H,6H2,1-3H3. The van der Waals surface area contributed by atoms with E-state index in [0.717, 1.165) is 16.7 Å². The number of aliphatic hydroxyl groups is 1. The highest BCUT2D eigenvalue weighted by Gasteiger charge is 2.12. The number of hydrogen-bond acceptors (Lipinski definition) is 3. The molecule has 1 heterocycles. The number of aliphatic hydroxyl groups excluding tert-OH is 1. The summed E-state index contributed by atoms with van der Waals surface area (Å²) in [4.78, 5) is 11.5. The second-order valence-corrected chi connectivity index (χ2v) is 7.34. The highest BCUT2D eigenvalue weighted by molar-refractivity contribution is 6.33. The van der Waals surface area contributed by atoms with Crippen LogP contribution in [0, 0.1) is 27.7 Å². The molecule has 4 heteroatoms. The third kappa shape index (κ3) is 5.34. The summed E-state index contributed by atoms with van der Waals surface area (Å²) in [6, 6.07) is 13.2. The molecule has 1 N–H and O–H groups in total. The maximum absolute atomic E-state index is 11.5. The van der Waals surface area contributed by atoms with E-state index in [-0.39, 0.29) is 12.4 Å². The summed E-state index contributed by atoms with van der Waals surface area (Å²) < 4.78 is 5.52. The summed E-state index contributed by atoms with van der Waals surface area (Å²) in [5.41, 5.74) is 6.77. The first-order chi connectivity index (χ1) is 13.3. The first kappa shape index (κ1) is 21.9. The molecule has 0 atom stereocenters. The lowest BCUT2D eigenvalue weighted by Crippen LogP contribution is -1.92. The van der Waals surface area contributed by atoms with Crippen molar-refractivity contribution in [1.82, 2.24) is 0 Å². The van der Waals surface area contributed by atoms with Crippen molar-refractivity contribution in [2.75, 3.05) is 0 Å². The van der Waals surface area contributed by atoms with Gasteiger partial charge < -0.3 is 9.52 Å². The van der Waals surface area contributed by atoms with E-state index in [1.165, 1.54) is 16.7 Å². The maximum atomic E-state index is 11.5. The molecule has 0 unspecified atom stereocenters. The number of carbonyl (C=O) groups excluding carboxylic acids is 1. The van der Waals surface area contributed by atoms with Crippen molar-refractivity contribution in [2.45, 2.75) is 47.6 Å². The van der Waals surface area contributed by atoms with Gasteiger partial charge in [-0.1, -0.05) is 42.3 Å². The Hall–Kier alpha value is -2.36. The number of benzene rings is 2. The Kier molecular flexibility index (Phi) is 7.61. The molecule has 148 valence electrons. The lowest BCUT2D eigenvalue weighted by Gasteiger charge is -2.06. The van der Waals surface area contributed by atoms with Crippen LogP contribution in [-0.4, -0.2) is 10.9 Å². The fraction of sp³-hybridized carbons (Fsp3) is 0.292. The molecule has 0 spiro atoms. The Balaban J connectivity index is 0.000000221. The Labute approximate surface area is 172 Å². The van der Waals surface area contributed by atoms with Gasteiger partial charge in [-0.05, 0) is 74.2 Å². The molecule has 0 saturated carbocycles. The molecule has 3 aromatic rings. The number of aryl methyl sites for hydroxylation is 3. The molecule has 0 aliphatic carbocycles. The molecule has 0 fully saturated rings. The van der Waals surface area contributed by atoms with Crippen molar-refractivity contribution in [3.8, 4) is 11.3 Å². The SMILES string of the molecule is CCC(=O)c1ccc(-c2cc(C)ccc2Cl)o1.Cc1cc(CO)cc(C)c1C. The third-order valence-electron chi connectivity index (χ3n) is 4.76. The Bertz CT molecular complexity index is 947. The van der Waals surface area contributed by atoms with Crippen LogP contribution in [0.2, 0.25) is 5.02 Å². The Morgan fingerprint density at radius 3 is 2.21 bits per heavy atom. The van der Waals surface area contributed by atoms with Crippen molar-refractivity contribution in [1.29, 1.82) is 0 Å². The molecule has 0 bridgehead atoms. The van der Waals surface area contributed by atoms with Gasteiger partial charge >= 0.3 is 0 Å². The second-order valence-electron chi connectivity index (χ2n) is 6.94. The zero-order valence-electron chi connectivity index (χ0n) is 17.1. The van der Waals surface area contributed by atoms with Crippen LogP contribution in [0.15, 0.2) is 46.9 Å². The highest BCUT2D eigenvalue weighted by Crippen LogP contribution is 2.30. The Morgan fingerprint density at radius 2 is 1.64 bits per heavy atom. The van der Waals surface area contributed by atoms with Crippen LogP contribution in [0.4, 0.5) is 0 Å². The van der Waals surface area contributed by atoms with E-state index < -0.39 is 0 Å². The summed E-state index contributed by atoms with van der Waals surface area (Å²) in [7, 11) is 0. The minimum absolute atomic E-state index is 0.0000236. The van der Waals surface area contributed by atoms with Crippen molar-refractivity contribution in [3.63, 3.8) is 0 Å². The van der Waals surface area contributed by atoms with Gasteiger partial charge in [0.1, 0.15) is 5.76 Å². The molecule has 3 rings (SSSR count).